The summed E-state index contributed by atoms with van der Waals surface area (Å²) in [5.41, 5.74) is 3.31. The fourth-order valence-electron chi connectivity index (χ4n) is 2.05. The second-order valence-corrected chi connectivity index (χ2v) is 4.57. The van der Waals surface area contributed by atoms with Gasteiger partial charge in [0, 0.05) is 25.4 Å². The molecule has 2 rings (SSSR count). The van der Waals surface area contributed by atoms with Crippen molar-refractivity contribution in [3.8, 4) is 0 Å². The highest BCUT2D eigenvalue weighted by atomic mass is 35.5. The highest BCUT2D eigenvalue weighted by molar-refractivity contribution is 6.31. The topological polar surface area (TPSA) is 55.9 Å². The summed E-state index contributed by atoms with van der Waals surface area (Å²) in [4.78, 5) is 4.28. The molecule has 0 bridgehead atoms. The lowest BCUT2D eigenvalue weighted by Gasteiger charge is -2.18. The number of hydrazine groups is 1. The van der Waals surface area contributed by atoms with E-state index in [9.17, 15) is 4.39 Å². The Hall–Kier alpha value is -1.43. The van der Waals surface area contributed by atoms with Gasteiger partial charge >= 0.3 is 0 Å². The van der Waals surface area contributed by atoms with E-state index in [0.29, 0.717) is 12.0 Å². The smallest absolute Gasteiger partial charge is 0.142 e. The SMILES string of the molecule is CCn1ccnc1CC(NN)c1cccc(F)c1Cl. The van der Waals surface area contributed by atoms with Gasteiger partial charge in [0.05, 0.1) is 11.1 Å². The van der Waals surface area contributed by atoms with E-state index in [0.717, 1.165) is 12.4 Å². The third-order valence-electron chi connectivity index (χ3n) is 3.09. The first-order valence-electron chi connectivity index (χ1n) is 6.07. The number of nitrogens with zero attached hydrogens (tertiary/aromatic N) is 2. The molecule has 0 amide bonds. The zero-order valence-corrected chi connectivity index (χ0v) is 11.4. The molecule has 0 radical (unpaired) electrons. The number of aromatic nitrogens is 2. The average Bonchev–Trinajstić information content (AvgIpc) is 2.87. The molecule has 3 N–H and O–H groups in total. The maximum absolute atomic E-state index is 13.5. The maximum atomic E-state index is 13.5. The van der Waals surface area contributed by atoms with Gasteiger partial charge in [0.2, 0.25) is 0 Å². The van der Waals surface area contributed by atoms with E-state index in [-0.39, 0.29) is 11.1 Å². The van der Waals surface area contributed by atoms with E-state index < -0.39 is 5.82 Å². The first kappa shape index (κ1) is 14.0. The maximum Gasteiger partial charge on any atom is 0.142 e. The molecule has 1 aromatic heterocycles. The van der Waals surface area contributed by atoms with Crippen molar-refractivity contribution in [2.75, 3.05) is 0 Å². The Morgan fingerprint density at radius 1 is 1.53 bits per heavy atom. The first-order valence-corrected chi connectivity index (χ1v) is 6.45. The number of nitrogens with two attached hydrogens (primary N) is 1. The number of imidazole rings is 1. The lowest BCUT2D eigenvalue weighted by atomic mass is 10.0. The molecule has 0 saturated heterocycles. The summed E-state index contributed by atoms with van der Waals surface area (Å²) >= 11 is 5.98. The Kier molecular flexibility index (Phi) is 4.52. The number of rotatable bonds is 5. The van der Waals surface area contributed by atoms with E-state index in [1.807, 2.05) is 17.7 Å². The van der Waals surface area contributed by atoms with Crippen LogP contribution in [0.3, 0.4) is 0 Å². The van der Waals surface area contributed by atoms with Crippen LogP contribution in [0.25, 0.3) is 0 Å². The number of nitrogens with one attached hydrogen (secondary N) is 1. The van der Waals surface area contributed by atoms with Crippen LogP contribution in [0.4, 0.5) is 4.39 Å². The molecule has 1 unspecified atom stereocenters. The van der Waals surface area contributed by atoms with E-state index in [1.165, 1.54) is 6.07 Å². The molecule has 0 spiro atoms. The fourth-order valence-corrected chi connectivity index (χ4v) is 2.31. The lowest BCUT2D eigenvalue weighted by molar-refractivity contribution is 0.519. The summed E-state index contributed by atoms with van der Waals surface area (Å²) in [5.74, 6) is 6.00. The molecule has 6 heteroatoms. The van der Waals surface area contributed by atoms with Crippen LogP contribution in [0.15, 0.2) is 30.6 Å². The van der Waals surface area contributed by atoms with Crippen LogP contribution in [0, 0.1) is 5.82 Å². The van der Waals surface area contributed by atoms with Crippen molar-refractivity contribution in [2.45, 2.75) is 25.9 Å². The fraction of sp³-hybridized carbons (Fsp3) is 0.308. The molecule has 0 aliphatic heterocycles. The minimum absolute atomic E-state index is 0.0973. The minimum Gasteiger partial charge on any atom is -0.335 e. The van der Waals surface area contributed by atoms with Crippen molar-refractivity contribution < 1.29 is 4.39 Å². The molecule has 0 aliphatic carbocycles. The van der Waals surface area contributed by atoms with E-state index in [2.05, 4.69) is 10.4 Å². The molecule has 0 fully saturated rings. The first-order chi connectivity index (χ1) is 9.17. The lowest BCUT2D eigenvalue weighted by Crippen LogP contribution is -2.30. The second kappa shape index (κ2) is 6.14. The van der Waals surface area contributed by atoms with E-state index in [4.69, 9.17) is 17.4 Å². The zero-order valence-electron chi connectivity index (χ0n) is 10.6. The van der Waals surface area contributed by atoms with E-state index in [1.54, 1.807) is 18.3 Å². The summed E-state index contributed by atoms with van der Waals surface area (Å²) < 4.78 is 15.5. The summed E-state index contributed by atoms with van der Waals surface area (Å²) in [6, 6.07) is 4.42. The molecule has 1 heterocycles. The van der Waals surface area contributed by atoms with Gasteiger partial charge < -0.3 is 4.57 Å². The normalized spacial score (nSPS) is 12.6. The quantitative estimate of drug-likeness (QED) is 0.654. The Morgan fingerprint density at radius 2 is 2.32 bits per heavy atom. The van der Waals surface area contributed by atoms with Gasteiger partial charge in [-0.25, -0.2) is 9.37 Å². The molecule has 1 atom stereocenters. The van der Waals surface area contributed by atoms with Gasteiger partial charge in [-0.3, -0.25) is 11.3 Å². The number of aryl methyl sites for hydroxylation is 1. The zero-order chi connectivity index (χ0) is 13.8. The molecule has 1 aromatic carbocycles. The number of halogens is 2. The molecule has 4 nitrogen and oxygen atoms in total. The molecular weight excluding hydrogens is 267 g/mol. The van der Waals surface area contributed by atoms with E-state index >= 15 is 0 Å². The minimum atomic E-state index is -0.446. The van der Waals surface area contributed by atoms with Gasteiger partial charge in [-0.15, -0.1) is 0 Å². The Bertz CT molecular complexity index is 555. The van der Waals surface area contributed by atoms with Crippen molar-refractivity contribution in [3.05, 3.63) is 52.8 Å². The number of hydrogen-bond donors (Lipinski definition) is 2. The van der Waals surface area contributed by atoms with Gasteiger partial charge in [0.25, 0.3) is 0 Å². The predicted octanol–water partition coefficient (Wildman–Crippen LogP) is 2.44. The van der Waals surface area contributed by atoms with Gasteiger partial charge in [0.1, 0.15) is 11.6 Å². The third-order valence-corrected chi connectivity index (χ3v) is 3.49. The van der Waals surface area contributed by atoms with Crippen LogP contribution in [-0.2, 0) is 13.0 Å². The second-order valence-electron chi connectivity index (χ2n) is 4.20. The number of hydrogen-bond acceptors (Lipinski definition) is 3. The highest BCUT2D eigenvalue weighted by Crippen LogP contribution is 2.27. The van der Waals surface area contributed by atoms with Crippen molar-refractivity contribution in [1.82, 2.24) is 15.0 Å². The highest BCUT2D eigenvalue weighted by Gasteiger charge is 2.18. The largest absolute Gasteiger partial charge is 0.335 e. The predicted molar refractivity (Wildman–Crippen MR) is 73.1 cm³/mol. The monoisotopic (exact) mass is 282 g/mol. The van der Waals surface area contributed by atoms with Crippen LogP contribution in [0.2, 0.25) is 5.02 Å². The summed E-state index contributed by atoms with van der Waals surface area (Å²) in [6.45, 7) is 2.86. The molecule has 102 valence electrons. The van der Waals surface area contributed by atoms with Crippen molar-refractivity contribution in [3.63, 3.8) is 0 Å². The number of benzene rings is 1. The molecule has 2 aromatic rings. The average molecular weight is 283 g/mol. The van der Waals surface area contributed by atoms with Gasteiger partial charge in [-0.2, -0.15) is 0 Å². The van der Waals surface area contributed by atoms with Crippen molar-refractivity contribution in [1.29, 1.82) is 0 Å². The van der Waals surface area contributed by atoms with Crippen LogP contribution in [0.1, 0.15) is 24.4 Å². The van der Waals surface area contributed by atoms with Crippen LogP contribution >= 0.6 is 11.6 Å². The standard InChI is InChI=1S/C13H16ClFN4/c1-2-19-7-6-17-12(19)8-11(18-16)9-4-3-5-10(15)13(9)14/h3-7,11,18H,2,8,16H2,1H3. The van der Waals surface area contributed by atoms with Gasteiger partial charge in [-0.05, 0) is 18.6 Å². The Labute approximate surface area is 116 Å². The summed E-state index contributed by atoms with van der Waals surface area (Å²) in [5, 5.41) is 0.0973. The molecular formula is C13H16ClFN4. The third kappa shape index (κ3) is 2.94. The van der Waals surface area contributed by atoms with Crippen LogP contribution < -0.4 is 11.3 Å². The Balaban J connectivity index is 2.28. The Morgan fingerprint density at radius 3 is 3.00 bits per heavy atom. The van der Waals surface area contributed by atoms with Gasteiger partial charge in [-0.1, -0.05) is 23.7 Å². The molecule has 19 heavy (non-hydrogen) atoms. The van der Waals surface area contributed by atoms with Crippen LogP contribution in [-0.4, -0.2) is 9.55 Å². The van der Waals surface area contributed by atoms with Crippen molar-refractivity contribution in [2.24, 2.45) is 5.84 Å². The summed E-state index contributed by atoms with van der Waals surface area (Å²) in [7, 11) is 0. The summed E-state index contributed by atoms with van der Waals surface area (Å²) in [6.07, 6.45) is 4.18. The molecule has 0 saturated carbocycles. The van der Waals surface area contributed by atoms with Crippen LogP contribution in [0.5, 0.6) is 0 Å². The van der Waals surface area contributed by atoms with Crippen molar-refractivity contribution >= 4 is 11.6 Å². The van der Waals surface area contributed by atoms with Gasteiger partial charge in [0.15, 0.2) is 0 Å². The molecule has 0 aliphatic rings.